The molecule has 0 aliphatic carbocycles. The number of benzene rings is 1. The predicted octanol–water partition coefficient (Wildman–Crippen LogP) is 2.63. The molecule has 25 heavy (non-hydrogen) atoms. The zero-order chi connectivity index (χ0) is 18.4. The Bertz CT molecular complexity index is 751. The first-order valence-corrected chi connectivity index (χ1v) is 7.97. The van der Waals surface area contributed by atoms with E-state index in [2.05, 4.69) is 31.5 Å². The molecule has 0 saturated carbocycles. The zero-order valence-electron chi connectivity index (χ0n) is 13.2. The van der Waals surface area contributed by atoms with Gasteiger partial charge in [-0.2, -0.15) is 0 Å². The lowest BCUT2D eigenvalue weighted by Gasteiger charge is -2.16. The van der Waals surface area contributed by atoms with Crippen molar-refractivity contribution in [1.29, 1.82) is 0 Å². The van der Waals surface area contributed by atoms with Crippen LogP contribution in [0.3, 0.4) is 0 Å². The van der Waals surface area contributed by atoms with Gasteiger partial charge in [0.2, 0.25) is 11.8 Å². The van der Waals surface area contributed by atoms with Crippen molar-refractivity contribution >= 4 is 39.2 Å². The van der Waals surface area contributed by atoms with Crippen molar-refractivity contribution in [3.8, 4) is 0 Å². The molecule has 0 fully saturated rings. The summed E-state index contributed by atoms with van der Waals surface area (Å²) in [5, 5.41) is 4.97. The van der Waals surface area contributed by atoms with Crippen molar-refractivity contribution < 1.29 is 18.4 Å². The second-order valence-electron chi connectivity index (χ2n) is 5.29. The maximum absolute atomic E-state index is 13.1. The van der Waals surface area contributed by atoms with Crippen molar-refractivity contribution in [2.45, 2.75) is 0 Å². The van der Waals surface area contributed by atoms with Crippen LogP contribution in [-0.2, 0) is 9.59 Å². The number of nitrogens with zero attached hydrogens (tertiary/aromatic N) is 2. The summed E-state index contributed by atoms with van der Waals surface area (Å²) in [6.45, 7) is -0.179. The highest BCUT2D eigenvalue weighted by Crippen LogP contribution is 2.13. The average Bonchev–Trinajstić information content (AvgIpc) is 2.47. The maximum Gasteiger partial charge on any atom is 0.239 e. The molecular weight excluding hydrogens is 398 g/mol. The van der Waals surface area contributed by atoms with Crippen LogP contribution >= 0.6 is 15.9 Å². The van der Waals surface area contributed by atoms with Crippen LogP contribution < -0.4 is 10.6 Å². The van der Waals surface area contributed by atoms with E-state index in [0.717, 1.165) is 16.6 Å². The fraction of sp³-hybridized carbons (Fsp3) is 0.188. The van der Waals surface area contributed by atoms with Crippen molar-refractivity contribution in [2.24, 2.45) is 0 Å². The first-order valence-electron chi connectivity index (χ1n) is 7.18. The van der Waals surface area contributed by atoms with Gasteiger partial charge in [-0.3, -0.25) is 14.5 Å². The molecular formula is C16H15BrF2N4O2. The molecule has 132 valence electrons. The van der Waals surface area contributed by atoms with E-state index in [1.165, 1.54) is 4.90 Å². The van der Waals surface area contributed by atoms with Gasteiger partial charge in [0.15, 0.2) is 0 Å². The standard InChI is InChI=1S/C16H15BrF2N4O2/c1-23(9-16(25)22-14-3-2-10(17)7-20-14)8-15(24)21-13-5-11(18)4-12(19)6-13/h2-7H,8-9H2,1H3,(H,21,24)(H,20,22,25). The fourth-order valence-electron chi connectivity index (χ4n) is 2.00. The minimum absolute atomic E-state index is 0.0133. The topological polar surface area (TPSA) is 74.3 Å². The molecule has 0 aliphatic heterocycles. The summed E-state index contributed by atoms with van der Waals surface area (Å²) in [6.07, 6.45) is 1.55. The van der Waals surface area contributed by atoms with Crippen LogP contribution in [0.25, 0.3) is 0 Å². The maximum atomic E-state index is 13.1. The van der Waals surface area contributed by atoms with Crippen molar-refractivity contribution in [3.63, 3.8) is 0 Å². The van der Waals surface area contributed by atoms with Gasteiger partial charge in [0.25, 0.3) is 0 Å². The van der Waals surface area contributed by atoms with Gasteiger partial charge in [0, 0.05) is 22.4 Å². The summed E-state index contributed by atoms with van der Waals surface area (Å²) < 4.78 is 26.9. The van der Waals surface area contributed by atoms with Crippen LogP contribution in [0, 0.1) is 11.6 Å². The van der Waals surface area contributed by atoms with E-state index >= 15 is 0 Å². The molecule has 0 saturated heterocycles. The molecule has 2 rings (SSSR count). The Morgan fingerprint density at radius 3 is 2.24 bits per heavy atom. The molecule has 9 heteroatoms. The average molecular weight is 413 g/mol. The fourth-order valence-corrected chi connectivity index (χ4v) is 2.24. The Labute approximate surface area is 151 Å². The summed E-state index contributed by atoms with van der Waals surface area (Å²) in [4.78, 5) is 29.2. The third-order valence-electron chi connectivity index (χ3n) is 2.97. The molecule has 1 aromatic heterocycles. The third kappa shape index (κ3) is 6.55. The number of pyridine rings is 1. The molecule has 2 amide bonds. The van der Waals surface area contributed by atoms with Crippen LogP contribution in [0.1, 0.15) is 0 Å². The highest BCUT2D eigenvalue weighted by molar-refractivity contribution is 9.10. The normalized spacial score (nSPS) is 10.6. The molecule has 2 N–H and O–H groups in total. The van der Waals surface area contributed by atoms with E-state index in [9.17, 15) is 18.4 Å². The Morgan fingerprint density at radius 2 is 1.68 bits per heavy atom. The molecule has 0 unspecified atom stereocenters. The van der Waals surface area contributed by atoms with Gasteiger partial charge in [0.1, 0.15) is 17.5 Å². The molecule has 0 aliphatic rings. The summed E-state index contributed by atoms with van der Waals surface area (Å²) in [7, 11) is 1.57. The van der Waals surface area contributed by atoms with Crippen LogP contribution in [0.5, 0.6) is 0 Å². The van der Waals surface area contributed by atoms with E-state index < -0.39 is 17.5 Å². The van der Waals surface area contributed by atoms with Crippen LogP contribution in [0.15, 0.2) is 41.0 Å². The molecule has 2 aromatic rings. The number of carbonyl (C=O) groups is 2. The smallest absolute Gasteiger partial charge is 0.239 e. The summed E-state index contributed by atoms with van der Waals surface area (Å²) in [5.74, 6) is -2.03. The van der Waals surface area contributed by atoms with Gasteiger partial charge in [-0.1, -0.05) is 0 Å². The number of likely N-dealkylation sites (N-methyl/N-ethyl adjacent to an activating group) is 1. The predicted molar refractivity (Wildman–Crippen MR) is 93.1 cm³/mol. The number of rotatable bonds is 6. The van der Waals surface area contributed by atoms with E-state index in [0.29, 0.717) is 11.9 Å². The number of carbonyl (C=O) groups excluding carboxylic acids is 2. The number of amides is 2. The quantitative estimate of drug-likeness (QED) is 0.764. The number of halogens is 3. The number of hydrogen-bond donors (Lipinski definition) is 2. The van der Waals surface area contributed by atoms with Gasteiger partial charge in [-0.05, 0) is 47.2 Å². The zero-order valence-corrected chi connectivity index (χ0v) is 14.8. The number of nitrogens with one attached hydrogen (secondary N) is 2. The minimum atomic E-state index is -0.787. The van der Waals surface area contributed by atoms with Crippen LogP contribution in [-0.4, -0.2) is 41.8 Å². The van der Waals surface area contributed by atoms with Crippen LogP contribution in [0.4, 0.5) is 20.3 Å². The van der Waals surface area contributed by atoms with Crippen molar-refractivity contribution in [1.82, 2.24) is 9.88 Å². The SMILES string of the molecule is CN(CC(=O)Nc1cc(F)cc(F)c1)CC(=O)Nc1ccc(Br)cn1. The van der Waals surface area contributed by atoms with Crippen molar-refractivity contribution in [2.75, 3.05) is 30.8 Å². The number of hydrogen-bond acceptors (Lipinski definition) is 4. The third-order valence-corrected chi connectivity index (χ3v) is 3.44. The van der Waals surface area contributed by atoms with Crippen molar-refractivity contribution in [3.05, 3.63) is 52.6 Å². The summed E-state index contributed by atoms with van der Waals surface area (Å²) in [5.41, 5.74) is 0.0133. The molecule has 0 bridgehead atoms. The molecule has 0 spiro atoms. The van der Waals surface area contributed by atoms with E-state index in [1.54, 1.807) is 25.4 Å². The van der Waals surface area contributed by atoms with Gasteiger partial charge >= 0.3 is 0 Å². The first-order chi connectivity index (χ1) is 11.8. The second kappa shape index (κ2) is 8.63. The summed E-state index contributed by atoms with van der Waals surface area (Å²) in [6, 6.07) is 6.09. The van der Waals surface area contributed by atoms with Gasteiger partial charge in [-0.15, -0.1) is 0 Å². The highest BCUT2D eigenvalue weighted by Gasteiger charge is 2.12. The molecule has 6 nitrogen and oxygen atoms in total. The summed E-state index contributed by atoms with van der Waals surface area (Å²) >= 11 is 3.24. The van der Waals surface area contributed by atoms with Gasteiger partial charge in [-0.25, -0.2) is 13.8 Å². The van der Waals surface area contributed by atoms with Crippen LogP contribution in [0.2, 0.25) is 0 Å². The van der Waals surface area contributed by atoms with Gasteiger partial charge in [0.05, 0.1) is 13.1 Å². The Kier molecular flexibility index (Phi) is 6.54. The van der Waals surface area contributed by atoms with Gasteiger partial charge < -0.3 is 10.6 Å². The Morgan fingerprint density at radius 1 is 1.08 bits per heavy atom. The largest absolute Gasteiger partial charge is 0.325 e. The second-order valence-corrected chi connectivity index (χ2v) is 6.20. The van der Waals surface area contributed by atoms with E-state index in [-0.39, 0.29) is 24.7 Å². The monoisotopic (exact) mass is 412 g/mol. The molecule has 0 radical (unpaired) electrons. The first kappa shape index (κ1) is 18.9. The highest BCUT2D eigenvalue weighted by atomic mass is 79.9. The molecule has 1 aromatic carbocycles. The lowest BCUT2D eigenvalue weighted by atomic mass is 10.3. The molecule has 0 atom stereocenters. The lowest BCUT2D eigenvalue weighted by Crippen LogP contribution is -2.36. The minimum Gasteiger partial charge on any atom is -0.325 e. The lowest BCUT2D eigenvalue weighted by molar-refractivity contribution is -0.119. The number of aromatic nitrogens is 1. The van der Waals surface area contributed by atoms with E-state index in [4.69, 9.17) is 0 Å². The number of anilines is 2. The van der Waals surface area contributed by atoms with E-state index in [1.807, 2.05) is 0 Å². The Balaban J connectivity index is 1.82. The molecule has 1 heterocycles. The Hall–Kier alpha value is -2.39.